The summed E-state index contributed by atoms with van der Waals surface area (Å²) in [4.78, 5) is 4.26. The van der Waals surface area contributed by atoms with Gasteiger partial charge in [-0.25, -0.2) is 4.85 Å². The van der Waals surface area contributed by atoms with E-state index in [1.54, 1.807) is 0 Å². The van der Waals surface area contributed by atoms with E-state index in [0.29, 0.717) is 5.69 Å². The van der Waals surface area contributed by atoms with Gasteiger partial charge in [-0.15, -0.1) is 0 Å². The summed E-state index contributed by atoms with van der Waals surface area (Å²) in [5.41, 5.74) is 19.5. The van der Waals surface area contributed by atoms with Crippen molar-refractivity contribution in [1.29, 1.82) is 0 Å². The van der Waals surface area contributed by atoms with Gasteiger partial charge in [0.2, 0.25) is 0 Å². The Bertz CT molecular complexity index is 3860. The van der Waals surface area contributed by atoms with Gasteiger partial charge in [0.05, 0.1) is 6.57 Å². The lowest BCUT2D eigenvalue weighted by molar-refractivity contribution is 1.62. The molecule has 1 heteroatoms. The number of fused-ring (bicyclic) bond motifs is 6. The highest BCUT2D eigenvalue weighted by atomic mass is 14.6. The lowest BCUT2D eigenvalue weighted by atomic mass is 9.82. The molecule has 0 saturated heterocycles. The number of nitrogens with zero attached hydrogens (tertiary/aromatic N) is 1. The SMILES string of the molecule is [C-]#[N+]c1cc(-c2ccc3c(-c4ccccc4)c4ccccc4c(-c4ccccc4)c3c2)ccc1-c1ccc2c3c(cccc13)-c1c-2c(-c2ccccc2)c2ccccc2c1-c1ccccc1. The monoisotopic (exact) mass is 833 g/mol. The van der Waals surface area contributed by atoms with Gasteiger partial charge < -0.3 is 0 Å². The predicted octanol–water partition coefficient (Wildman–Crippen LogP) is 18.5. The van der Waals surface area contributed by atoms with Gasteiger partial charge in [0.1, 0.15) is 0 Å². The van der Waals surface area contributed by atoms with Crippen LogP contribution in [0, 0.1) is 6.57 Å². The van der Waals surface area contributed by atoms with Crippen molar-refractivity contribution >= 4 is 48.8 Å². The van der Waals surface area contributed by atoms with E-state index in [4.69, 9.17) is 6.57 Å². The highest BCUT2D eigenvalue weighted by molar-refractivity contribution is 6.29. The molecule has 0 heterocycles. The first-order valence-electron chi connectivity index (χ1n) is 22.6. The lowest BCUT2D eigenvalue weighted by Gasteiger charge is -2.20. The smallest absolute Gasteiger partial charge is 0.195 e. The first-order valence-corrected chi connectivity index (χ1v) is 22.6. The second-order valence-electron chi connectivity index (χ2n) is 17.3. The molecule has 1 aliphatic rings. The van der Waals surface area contributed by atoms with Crippen molar-refractivity contribution in [3.05, 3.63) is 248 Å². The molecule has 0 spiro atoms. The maximum absolute atomic E-state index is 8.65. The molecule has 0 atom stereocenters. The Morgan fingerprint density at radius 3 is 1.14 bits per heavy atom. The highest BCUT2D eigenvalue weighted by Crippen LogP contribution is 2.59. The third kappa shape index (κ3) is 5.72. The average Bonchev–Trinajstić information content (AvgIpc) is 3.72. The Hall–Kier alpha value is -8.83. The zero-order valence-corrected chi connectivity index (χ0v) is 36.0. The molecule has 0 fully saturated rings. The third-order valence-electron chi connectivity index (χ3n) is 13.8. The normalized spacial score (nSPS) is 11.6. The molecule has 304 valence electrons. The molecule has 0 N–H and O–H groups in total. The minimum absolute atomic E-state index is 0.635. The maximum Gasteiger partial charge on any atom is 0.195 e. The summed E-state index contributed by atoms with van der Waals surface area (Å²) < 4.78 is 0. The maximum atomic E-state index is 8.65. The van der Waals surface area contributed by atoms with E-state index in [1.807, 2.05) is 0 Å². The van der Waals surface area contributed by atoms with E-state index in [9.17, 15) is 0 Å². The van der Waals surface area contributed by atoms with E-state index in [0.717, 1.165) is 27.6 Å². The molecule has 66 heavy (non-hydrogen) atoms. The Kier molecular flexibility index (Phi) is 8.66. The first-order chi connectivity index (χ1) is 32.7. The van der Waals surface area contributed by atoms with Crippen LogP contribution in [-0.2, 0) is 0 Å². The van der Waals surface area contributed by atoms with Crippen LogP contribution < -0.4 is 0 Å². The van der Waals surface area contributed by atoms with Gasteiger partial charge in [0.15, 0.2) is 5.69 Å². The standard InChI is InChI=1S/C65H39N/c1-66-58-40-46(45-34-36-54-57(39-45)60(42-21-8-3-9-22-42)51-28-15-14-27-50(51)59(54)41-19-6-2-7-20-41)33-35-48(58)47-37-38-56-63-49(47)31-18-32-55(63)64-61(43-23-10-4-11-24-43)52-29-16-17-30-53(52)62(65(56)64)44-25-12-5-13-26-44/h2-40H. The van der Waals surface area contributed by atoms with Crippen LogP contribution in [0.25, 0.3) is 137 Å². The van der Waals surface area contributed by atoms with Gasteiger partial charge in [0.25, 0.3) is 0 Å². The van der Waals surface area contributed by atoms with Gasteiger partial charge >= 0.3 is 0 Å². The van der Waals surface area contributed by atoms with Crippen LogP contribution >= 0.6 is 0 Å². The van der Waals surface area contributed by atoms with Crippen molar-refractivity contribution in [2.24, 2.45) is 0 Å². The second kappa shape index (κ2) is 15.2. The Balaban J connectivity index is 1.01. The molecule has 0 aliphatic heterocycles. The van der Waals surface area contributed by atoms with Crippen LogP contribution in [-0.4, -0.2) is 0 Å². The zero-order chi connectivity index (χ0) is 43.7. The molecule has 1 nitrogen and oxygen atoms in total. The lowest BCUT2D eigenvalue weighted by Crippen LogP contribution is -1.93. The largest absolute Gasteiger partial charge is 0.237 e. The van der Waals surface area contributed by atoms with Crippen molar-refractivity contribution in [1.82, 2.24) is 0 Å². The molecule has 13 rings (SSSR count). The highest BCUT2D eigenvalue weighted by Gasteiger charge is 2.31. The first kappa shape index (κ1) is 37.7. The Morgan fingerprint density at radius 2 is 0.606 bits per heavy atom. The van der Waals surface area contributed by atoms with Crippen molar-refractivity contribution < 1.29 is 0 Å². The molecular weight excluding hydrogens is 795 g/mol. The minimum atomic E-state index is 0.635. The van der Waals surface area contributed by atoms with E-state index >= 15 is 0 Å². The molecule has 0 amide bonds. The van der Waals surface area contributed by atoms with Crippen molar-refractivity contribution in [3.63, 3.8) is 0 Å². The fourth-order valence-electron chi connectivity index (χ4n) is 11.1. The topological polar surface area (TPSA) is 4.36 Å². The molecule has 1 aliphatic carbocycles. The van der Waals surface area contributed by atoms with Crippen molar-refractivity contribution in [3.8, 4) is 89.0 Å². The van der Waals surface area contributed by atoms with Crippen molar-refractivity contribution in [2.75, 3.05) is 0 Å². The summed E-state index contributed by atoms with van der Waals surface area (Å²) >= 11 is 0. The van der Waals surface area contributed by atoms with Gasteiger partial charge in [0, 0.05) is 0 Å². The van der Waals surface area contributed by atoms with Crippen LogP contribution in [0.5, 0.6) is 0 Å². The molecule has 12 aromatic rings. The van der Waals surface area contributed by atoms with Gasteiger partial charge in [-0.3, -0.25) is 0 Å². The fraction of sp³-hybridized carbons (Fsp3) is 0. The van der Waals surface area contributed by atoms with Crippen LogP contribution in [0.1, 0.15) is 0 Å². The van der Waals surface area contributed by atoms with E-state index < -0.39 is 0 Å². The van der Waals surface area contributed by atoms with E-state index in [-0.39, 0.29) is 0 Å². The predicted molar refractivity (Wildman–Crippen MR) is 280 cm³/mol. The van der Waals surface area contributed by atoms with Gasteiger partial charge in [-0.2, -0.15) is 0 Å². The van der Waals surface area contributed by atoms with Gasteiger partial charge in [-0.05, 0) is 144 Å². The van der Waals surface area contributed by atoms with E-state index in [1.165, 1.54) is 104 Å². The number of rotatable bonds is 6. The summed E-state index contributed by atoms with van der Waals surface area (Å²) in [7, 11) is 0. The van der Waals surface area contributed by atoms with Crippen LogP contribution in [0.4, 0.5) is 5.69 Å². The number of hydrogen-bond donors (Lipinski definition) is 0. The molecule has 0 unspecified atom stereocenters. The fourth-order valence-corrected chi connectivity index (χ4v) is 11.1. The Morgan fingerprint density at radius 1 is 0.227 bits per heavy atom. The van der Waals surface area contributed by atoms with Gasteiger partial charge in [-0.1, -0.05) is 224 Å². The summed E-state index contributed by atoms with van der Waals surface area (Å²) in [5.74, 6) is 0. The average molecular weight is 834 g/mol. The van der Waals surface area contributed by atoms with Crippen LogP contribution in [0.2, 0.25) is 0 Å². The number of benzene rings is 12. The molecular formula is C65H39N. The summed E-state index contributed by atoms with van der Waals surface area (Å²) in [6.45, 7) is 8.65. The third-order valence-corrected chi connectivity index (χ3v) is 13.8. The second-order valence-corrected chi connectivity index (χ2v) is 17.3. The summed E-state index contributed by atoms with van der Waals surface area (Å²) in [6, 6.07) is 85.5. The molecule has 0 saturated carbocycles. The number of hydrogen-bond acceptors (Lipinski definition) is 0. The quantitative estimate of drug-likeness (QED) is 0.116. The molecule has 0 aromatic heterocycles. The van der Waals surface area contributed by atoms with Crippen LogP contribution in [0.15, 0.2) is 237 Å². The van der Waals surface area contributed by atoms with Crippen molar-refractivity contribution in [2.45, 2.75) is 0 Å². The minimum Gasteiger partial charge on any atom is -0.237 e. The Labute approximate surface area is 384 Å². The van der Waals surface area contributed by atoms with Crippen LogP contribution in [0.3, 0.4) is 0 Å². The zero-order valence-electron chi connectivity index (χ0n) is 36.0. The molecule has 0 radical (unpaired) electrons. The summed E-state index contributed by atoms with van der Waals surface area (Å²) in [5, 5.41) is 9.72. The summed E-state index contributed by atoms with van der Waals surface area (Å²) in [6.07, 6.45) is 0. The molecule has 0 bridgehead atoms. The molecule has 12 aromatic carbocycles. The van der Waals surface area contributed by atoms with E-state index in [2.05, 4.69) is 241 Å².